The van der Waals surface area contributed by atoms with Crippen molar-refractivity contribution in [3.05, 3.63) is 24.1 Å². The van der Waals surface area contributed by atoms with Gasteiger partial charge in [-0.3, -0.25) is 0 Å². The van der Waals surface area contributed by atoms with Gasteiger partial charge in [0.15, 0.2) is 0 Å². The third kappa shape index (κ3) is 2.17. The van der Waals surface area contributed by atoms with Gasteiger partial charge in [0, 0.05) is 6.04 Å². The minimum atomic E-state index is -0.423. The third-order valence-electron chi connectivity index (χ3n) is 2.42. The van der Waals surface area contributed by atoms with E-state index in [1.165, 1.54) is 18.9 Å². The van der Waals surface area contributed by atoms with Gasteiger partial charge in [0.1, 0.15) is 5.82 Å². The summed E-state index contributed by atoms with van der Waals surface area (Å²) in [5.74, 6) is 0.970. The van der Waals surface area contributed by atoms with Crippen LogP contribution in [0, 0.1) is 11.9 Å². The SMILES string of the molecule is C[C@H](Nc1cccc(F)n1)C1CC1. The number of pyridine rings is 1. The lowest BCUT2D eigenvalue weighted by Gasteiger charge is -2.12. The first-order valence-corrected chi connectivity index (χ1v) is 4.65. The van der Waals surface area contributed by atoms with E-state index < -0.39 is 5.95 Å². The number of anilines is 1. The normalized spacial score (nSPS) is 18.3. The van der Waals surface area contributed by atoms with Crippen LogP contribution < -0.4 is 5.32 Å². The van der Waals surface area contributed by atoms with Crippen molar-refractivity contribution in [1.82, 2.24) is 4.98 Å². The molecule has 1 aromatic heterocycles. The number of hydrogen-bond acceptors (Lipinski definition) is 2. The van der Waals surface area contributed by atoms with E-state index in [9.17, 15) is 4.39 Å². The second-order valence-corrected chi connectivity index (χ2v) is 3.62. The third-order valence-corrected chi connectivity index (χ3v) is 2.42. The number of nitrogens with one attached hydrogen (secondary N) is 1. The molecular weight excluding hydrogens is 167 g/mol. The first-order valence-electron chi connectivity index (χ1n) is 4.65. The fourth-order valence-electron chi connectivity index (χ4n) is 1.44. The van der Waals surface area contributed by atoms with Crippen LogP contribution in [0.5, 0.6) is 0 Å². The highest BCUT2D eigenvalue weighted by atomic mass is 19.1. The average molecular weight is 180 g/mol. The Kier molecular flexibility index (Phi) is 2.17. The molecule has 1 N–H and O–H groups in total. The Morgan fingerprint density at radius 1 is 1.54 bits per heavy atom. The Balaban J connectivity index is 2.00. The number of rotatable bonds is 3. The van der Waals surface area contributed by atoms with E-state index in [4.69, 9.17) is 0 Å². The highest BCUT2D eigenvalue weighted by molar-refractivity contribution is 5.35. The molecule has 0 unspecified atom stereocenters. The Morgan fingerprint density at radius 3 is 2.92 bits per heavy atom. The molecule has 0 radical (unpaired) electrons. The fourth-order valence-corrected chi connectivity index (χ4v) is 1.44. The van der Waals surface area contributed by atoms with E-state index in [0.717, 1.165) is 5.92 Å². The Morgan fingerprint density at radius 2 is 2.31 bits per heavy atom. The molecule has 2 rings (SSSR count). The van der Waals surface area contributed by atoms with E-state index in [0.29, 0.717) is 11.9 Å². The van der Waals surface area contributed by atoms with Gasteiger partial charge < -0.3 is 5.32 Å². The van der Waals surface area contributed by atoms with Gasteiger partial charge in [-0.1, -0.05) is 6.07 Å². The highest BCUT2D eigenvalue weighted by Gasteiger charge is 2.27. The predicted molar refractivity (Wildman–Crippen MR) is 50.0 cm³/mol. The Bertz CT molecular complexity index is 297. The van der Waals surface area contributed by atoms with Gasteiger partial charge in [0.2, 0.25) is 5.95 Å². The summed E-state index contributed by atoms with van der Waals surface area (Å²) in [5.41, 5.74) is 0. The van der Waals surface area contributed by atoms with Crippen molar-refractivity contribution >= 4 is 5.82 Å². The van der Waals surface area contributed by atoms with Gasteiger partial charge in [0.25, 0.3) is 0 Å². The molecule has 0 aromatic carbocycles. The smallest absolute Gasteiger partial charge is 0.214 e. The largest absolute Gasteiger partial charge is 0.367 e. The molecule has 70 valence electrons. The van der Waals surface area contributed by atoms with Crippen LogP contribution in [-0.4, -0.2) is 11.0 Å². The number of halogens is 1. The van der Waals surface area contributed by atoms with Gasteiger partial charge in [-0.05, 0) is 37.8 Å². The maximum Gasteiger partial charge on any atom is 0.214 e. The van der Waals surface area contributed by atoms with Crippen molar-refractivity contribution in [3.8, 4) is 0 Å². The molecule has 1 saturated carbocycles. The molecule has 1 aromatic rings. The van der Waals surface area contributed by atoms with Gasteiger partial charge in [-0.15, -0.1) is 0 Å². The van der Waals surface area contributed by atoms with Crippen LogP contribution >= 0.6 is 0 Å². The minimum absolute atomic E-state index is 0.411. The second kappa shape index (κ2) is 3.32. The molecule has 3 heteroatoms. The summed E-state index contributed by atoms with van der Waals surface area (Å²) in [7, 11) is 0. The van der Waals surface area contributed by atoms with Crippen LogP contribution in [0.3, 0.4) is 0 Å². The summed E-state index contributed by atoms with van der Waals surface area (Å²) in [5, 5.41) is 3.19. The van der Waals surface area contributed by atoms with Crippen molar-refractivity contribution < 1.29 is 4.39 Å². The van der Waals surface area contributed by atoms with Crippen LogP contribution in [0.2, 0.25) is 0 Å². The van der Waals surface area contributed by atoms with E-state index in [1.807, 2.05) is 0 Å². The highest BCUT2D eigenvalue weighted by Crippen LogP contribution is 2.33. The maximum atomic E-state index is 12.7. The lowest BCUT2D eigenvalue weighted by molar-refractivity contribution is 0.582. The Hall–Kier alpha value is -1.12. The van der Waals surface area contributed by atoms with Crippen molar-refractivity contribution in [3.63, 3.8) is 0 Å². The molecule has 0 saturated heterocycles. The molecule has 1 atom stereocenters. The van der Waals surface area contributed by atoms with Crippen molar-refractivity contribution in [2.75, 3.05) is 5.32 Å². The molecule has 0 amide bonds. The van der Waals surface area contributed by atoms with Crippen LogP contribution in [0.15, 0.2) is 18.2 Å². The van der Waals surface area contributed by atoms with Gasteiger partial charge in [0.05, 0.1) is 0 Å². The molecule has 1 fully saturated rings. The molecule has 0 bridgehead atoms. The topological polar surface area (TPSA) is 24.9 Å². The summed E-state index contributed by atoms with van der Waals surface area (Å²) in [6.07, 6.45) is 2.56. The molecule has 1 heterocycles. The van der Waals surface area contributed by atoms with Crippen molar-refractivity contribution in [1.29, 1.82) is 0 Å². The first kappa shape index (κ1) is 8.48. The molecule has 0 aliphatic heterocycles. The fraction of sp³-hybridized carbons (Fsp3) is 0.500. The van der Waals surface area contributed by atoms with Gasteiger partial charge in [-0.2, -0.15) is 4.39 Å². The molecule has 13 heavy (non-hydrogen) atoms. The number of aromatic nitrogens is 1. The number of nitrogens with zero attached hydrogens (tertiary/aromatic N) is 1. The van der Waals surface area contributed by atoms with E-state index in [1.54, 1.807) is 12.1 Å². The quantitative estimate of drug-likeness (QED) is 0.722. The van der Waals surface area contributed by atoms with E-state index in [-0.39, 0.29) is 0 Å². The van der Waals surface area contributed by atoms with Crippen LogP contribution in [0.25, 0.3) is 0 Å². The van der Waals surface area contributed by atoms with Gasteiger partial charge in [-0.25, -0.2) is 4.98 Å². The minimum Gasteiger partial charge on any atom is -0.367 e. The standard InChI is InChI=1S/C10H13FN2/c1-7(8-5-6-8)12-10-4-2-3-9(11)13-10/h2-4,7-8H,5-6H2,1H3,(H,12,13)/t7-/m0/s1. The van der Waals surface area contributed by atoms with Crippen LogP contribution in [0.4, 0.5) is 10.2 Å². The maximum absolute atomic E-state index is 12.7. The number of hydrogen-bond donors (Lipinski definition) is 1. The van der Waals surface area contributed by atoms with E-state index >= 15 is 0 Å². The average Bonchev–Trinajstić information content (AvgIpc) is 2.85. The summed E-state index contributed by atoms with van der Waals surface area (Å²) >= 11 is 0. The lowest BCUT2D eigenvalue weighted by Crippen LogP contribution is -2.18. The summed E-state index contributed by atoms with van der Waals surface area (Å²) in [4.78, 5) is 3.75. The zero-order valence-electron chi connectivity index (χ0n) is 7.63. The lowest BCUT2D eigenvalue weighted by atomic mass is 10.2. The predicted octanol–water partition coefficient (Wildman–Crippen LogP) is 2.43. The second-order valence-electron chi connectivity index (χ2n) is 3.62. The van der Waals surface area contributed by atoms with Crippen LogP contribution in [0.1, 0.15) is 19.8 Å². The summed E-state index contributed by atoms with van der Waals surface area (Å²) in [6.45, 7) is 2.12. The van der Waals surface area contributed by atoms with Gasteiger partial charge >= 0.3 is 0 Å². The van der Waals surface area contributed by atoms with Crippen LogP contribution in [-0.2, 0) is 0 Å². The summed E-state index contributed by atoms with van der Waals surface area (Å²) in [6, 6.07) is 5.23. The molecule has 1 aliphatic rings. The zero-order valence-corrected chi connectivity index (χ0v) is 7.63. The molecule has 0 spiro atoms. The monoisotopic (exact) mass is 180 g/mol. The molecular formula is C10H13FN2. The zero-order chi connectivity index (χ0) is 9.26. The first-order chi connectivity index (χ1) is 6.25. The molecule has 2 nitrogen and oxygen atoms in total. The Labute approximate surface area is 77.2 Å². The van der Waals surface area contributed by atoms with E-state index in [2.05, 4.69) is 17.2 Å². The molecule has 1 aliphatic carbocycles. The summed E-state index contributed by atoms with van der Waals surface area (Å²) < 4.78 is 12.7. The van der Waals surface area contributed by atoms with Crippen molar-refractivity contribution in [2.24, 2.45) is 5.92 Å². The van der Waals surface area contributed by atoms with Crippen molar-refractivity contribution in [2.45, 2.75) is 25.8 Å².